The number of carbonyl (C=O) groups is 2. The largest absolute Gasteiger partial charge is 0.481 e. The standard InChI is InChI=1S/C15H20O4/c16-14(17)12-9-6-7-10(8-9)13(12)15(18)19-11-4-2-1-3-5-11/h6-7,9-13H,1-5,8H2,(H,16,17). The van der Waals surface area contributed by atoms with E-state index in [-0.39, 0.29) is 23.9 Å². The van der Waals surface area contributed by atoms with Gasteiger partial charge in [-0.3, -0.25) is 9.59 Å². The van der Waals surface area contributed by atoms with E-state index in [9.17, 15) is 14.7 Å². The average Bonchev–Trinajstić information content (AvgIpc) is 2.99. The van der Waals surface area contributed by atoms with Crippen molar-refractivity contribution < 1.29 is 19.4 Å². The number of aliphatic carboxylic acids is 1. The van der Waals surface area contributed by atoms with Crippen molar-refractivity contribution in [2.24, 2.45) is 23.7 Å². The first kappa shape index (κ1) is 12.7. The predicted molar refractivity (Wildman–Crippen MR) is 68.3 cm³/mol. The highest BCUT2D eigenvalue weighted by atomic mass is 16.5. The van der Waals surface area contributed by atoms with E-state index in [2.05, 4.69) is 0 Å². The number of fused-ring (bicyclic) bond motifs is 2. The van der Waals surface area contributed by atoms with Crippen LogP contribution in [0.25, 0.3) is 0 Å². The Kier molecular flexibility index (Phi) is 3.33. The summed E-state index contributed by atoms with van der Waals surface area (Å²) in [6, 6.07) is 0. The molecule has 0 aromatic heterocycles. The molecule has 0 aliphatic heterocycles. The Bertz CT molecular complexity index is 408. The minimum atomic E-state index is -0.859. The summed E-state index contributed by atoms with van der Waals surface area (Å²) in [4.78, 5) is 23.7. The van der Waals surface area contributed by atoms with Crippen molar-refractivity contribution in [3.8, 4) is 0 Å². The second-order valence-corrected chi connectivity index (χ2v) is 6.04. The molecule has 4 unspecified atom stereocenters. The van der Waals surface area contributed by atoms with Crippen molar-refractivity contribution in [3.63, 3.8) is 0 Å². The summed E-state index contributed by atoms with van der Waals surface area (Å²) < 4.78 is 5.57. The molecular weight excluding hydrogens is 244 g/mol. The van der Waals surface area contributed by atoms with Gasteiger partial charge >= 0.3 is 11.9 Å². The molecule has 3 aliphatic rings. The number of hydrogen-bond donors (Lipinski definition) is 1. The smallest absolute Gasteiger partial charge is 0.310 e. The van der Waals surface area contributed by atoms with E-state index in [4.69, 9.17) is 4.74 Å². The van der Waals surface area contributed by atoms with Crippen LogP contribution in [0.5, 0.6) is 0 Å². The van der Waals surface area contributed by atoms with Crippen molar-refractivity contribution >= 4 is 11.9 Å². The van der Waals surface area contributed by atoms with Gasteiger partial charge in [-0.1, -0.05) is 18.6 Å². The molecule has 0 saturated heterocycles. The van der Waals surface area contributed by atoms with Crippen LogP contribution in [0.15, 0.2) is 12.2 Å². The zero-order chi connectivity index (χ0) is 13.4. The molecule has 4 atom stereocenters. The first-order valence-corrected chi connectivity index (χ1v) is 7.28. The summed E-state index contributed by atoms with van der Waals surface area (Å²) in [5.74, 6) is -2.09. The summed E-state index contributed by atoms with van der Waals surface area (Å²) in [5, 5.41) is 9.32. The van der Waals surface area contributed by atoms with Crippen LogP contribution in [-0.4, -0.2) is 23.1 Å². The fraction of sp³-hybridized carbons (Fsp3) is 0.733. The van der Waals surface area contributed by atoms with Gasteiger partial charge in [0, 0.05) is 0 Å². The molecule has 0 radical (unpaired) electrons. The quantitative estimate of drug-likeness (QED) is 0.628. The molecule has 3 rings (SSSR count). The second kappa shape index (κ2) is 4.99. The van der Waals surface area contributed by atoms with Gasteiger partial charge in [0.15, 0.2) is 0 Å². The first-order valence-electron chi connectivity index (χ1n) is 7.28. The molecule has 4 heteroatoms. The molecule has 4 nitrogen and oxygen atoms in total. The maximum Gasteiger partial charge on any atom is 0.310 e. The van der Waals surface area contributed by atoms with Gasteiger partial charge in [0.1, 0.15) is 6.10 Å². The van der Waals surface area contributed by atoms with Gasteiger partial charge in [-0.05, 0) is 43.9 Å². The van der Waals surface area contributed by atoms with Crippen molar-refractivity contribution in [2.75, 3.05) is 0 Å². The van der Waals surface area contributed by atoms with Crippen LogP contribution in [0.3, 0.4) is 0 Å². The molecular formula is C15H20O4. The van der Waals surface area contributed by atoms with Crippen LogP contribution in [0, 0.1) is 23.7 Å². The number of allylic oxidation sites excluding steroid dienone is 2. The van der Waals surface area contributed by atoms with Crippen LogP contribution in [0.1, 0.15) is 38.5 Å². The highest BCUT2D eigenvalue weighted by Crippen LogP contribution is 2.48. The predicted octanol–water partition coefficient (Wildman–Crippen LogP) is 2.39. The topological polar surface area (TPSA) is 63.6 Å². The van der Waals surface area contributed by atoms with Gasteiger partial charge in [-0.15, -0.1) is 0 Å². The van der Waals surface area contributed by atoms with Crippen molar-refractivity contribution in [3.05, 3.63) is 12.2 Å². The summed E-state index contributed by atoms with van der Waals surface area (Å²) in [6.45, 7) is 0. The SMILES string of the molecule is O=C(O)C1C2C=CC(C2)C1C(=O)OC1CCCCC1. The van der Waals surface area contributed by atoms with Crippen LogP contribution in [0.2, 0.25) is 0 Å². The van der Waals surface area contributed by atoms with Gasteiger partial charge in [-0.2, -0.15) is 0 Å². The summed E-state index contributed by atoms with van der Waals surface area (Å²) in [6.07, 6.45) is 10.0. The number of rotatable bonds is 3. The van der Waals surface area contributed by atoms with Crippen molar-refractivity contribution in [1.29, 1.82) is 0 Å². The Balaban J connectivity index is 1.68. The fourth-order valence-corrected chi connectivity index (χ4v) is 3.91. The number of carbonyl (C=O) groups excluding carboxylic acids is 1. The van der Waals surface area contributed by atoms with Gasteiger partial charge in [0.25, 0.3) is 0 Å². The monoisotopic (exact) mass is 264 g/mol. The molecule has 1 N–H and O–H groups in total. The molecule has 3 aliphatic carbocycles. The molecule has 0 aromatic rings. The Hall–Kier alpha value is -1.32. The number of carboxylic acids is 1. The van der Waals surface area contributed by atoms with E-state index in [0.717, 1.165) is 32.1 Å². The molecule has 2 bridgehead atoms. The van der Waals surface area contributed by atoms with Crippen molar-refractivity contribution in [1.82, 2.24) is 0 Å². The van der Waals surface area contributed by atoms with E-state index in [0.29, 0.717) is 0 Å². The van der Waals surface area contributed by atoms with E-state index in [1.54, 1.807) is 0 Å². The molecule has 0 aromatic carbocycles. The van der Waals surface area contributed by atoms with Crippen LogP contribution < -0.4 is 0 Å². The third-order valence-electron chi connectivity index (χ3n) is 4.85. The minimum Gasteiger partial charge on any atom is -0.481 e. The maximum absolute atomic E-state index is 12.3. The van der Waals surface area contributed by atoms with Gasteiger partial charge in [-0.25, -0.2) is 0 Å². The minimum absolute atomic E-state index is 0.0128. The summed E-state index contributed by atoms with van der Waals surface area (Å²) in [5.41, 5.74) is 0. The third-order valence-corrected chi connectivity index (χ3v) is 4.85. The van der Waals surface area contributed by atoms with E-state index in [1.807, 2.05) is 12.2 Å². The van der Waals surface area contributed by atoms with Gasteiger partial charge < -0.3 is 9.84 Å². The van der Waals surface area contributed by atoms with Crippen molar-refractivity contribution in [2.45, 2.75) is 44.6 Å². The normalized spacial score (nSPS) is 37.5. The number of ether oxygens (including phenoxy) is 1. The highest BCUT2D eigenvalue weighted by molar-refractivity contribution is 5.83. The summed E-state index contributed by atoms with van der Waals surface area (Å²) >= 11 is 0. The molecule has 104 valence electrons. The highest BCUT2D eigenvalue weighted by Gasteiger charge is 2.52. The lowest BCUT2D eigenvalue weighted by atomic mass is 9.83. The lowest BCUT2D eigenvalue weighted by Gasteiger charge is -2.27. The molecule has 19 heavy (non-hydrogen) atoms. The summed E-state index contributed by atoms with van der Waals surface area (Å²) in [7, 11) is 0. The maximum atomic E-state index is 12.3. The molecule has 0 spiro atoms. The third kappa shape index (κ3) is 2.28. The number of esters is 1. The van der Waals surface area contributed by atoms with Gasteiger partial charge in [0.2, 0.25) is 0 Å². The van der Waals surface area contributed by atoms with E-state index in [1.165, 1.54) is 6.42 Å². The second-order valence-electron chi connectivity index (χ2n) is 6.04. The average molecular weight is 264 g/mol. The van der Waals surface area contributed by atoms with Gasteiger partial charge in [0.05, 0.1) is 11.8 Å². The van der Waals surface area contributed by atoms with Crippen LogP contribution in [0.4, 0.5) is 0 Å². The molecule has 0 heterocycles. The lowest BCUT2D eigenvalue weighted by Crippen LogP contribution is -2.36. The zero-order valence-corrected chi connectivity index (χ0v) is 11.0. The Morgan fingerprint density at radius 3 is 2.26 bits per heavy atom. The number of hydrogen-bond acceptors (Lipinski definition) is 3. The molecule has 2 fully saturated rings. The number of carboxylic acid groups (broad SMARTS) is 1. The Morgan fingerprint density at radius 2 is 1.63 bits per heavy atom. The lowest BCUT2D eigenvalue weighted by molar-refractivity contribution is -0.163. The zero-order valence-electron chi connectivity index (χ0n) is 11.0. The Morgan fingerprint density at radius 1 is 1.00 bits per heavy atom. The van der Waals surface area contributed by atoms with E-state index < -0.39 is 17.8 Å². The first-order chi connectivity index (χ1) is 9.16. The van der Waals surface area contributed by atoms with Crippen LogP contribution in [-0.2, 0) is 14.3 Å². The van der Waals surface area contributed by atoms with E-state index >= 15 is 0 Å². The Labute approximate surface area is 112 Å². The van der Waals surface area contributed by atoms with Crippen LogP contribution >= 0.6 is 0 Å². The molecule has 2 saturated carbocycles. The fourth-order valence-electron chi connectivity index (χ4n) is 3.91. The molecule has 0 amide bonds.